The third-order valence-electron chi connectivity index (χ3n) is 5.37. The van der Waals surface area contributed by atoms with Crippen LogP contribution in [0.2, 0.25) is 0 Å². The van der Waals surface area contributed by atoms with Gasteiger partial charge >= 0.3 is 0 Å². The van der Waals surface area contributed by atoms with Gasteiger partial charge in [0.05, 0.1) is 0 Å². The van der Waals surface area contributed by atoms with Gasteiger partial charge in [0.15, 0.2) is 0 Å². The van der Waals surface area contributed by atoms with E-state index >= 15 is 0 Å². The van der Waals surface area contributed by atoms with Crippen LogP contribution in [0.4, 0.5) is 0 Å². The lowest BCUT2D eigenvalue weighted by atomic mass is 9.91. The van der Waals surface area contributed by atoms with Crippen molar-refractivity contribution < 1.29 is 0 Å². The van der Waals surface area contributed by atoms with E-state index in [-0.39, 0.29) is 7.92 Å². The van der Waals surface area contributed by atoms with Gasteiger partial charge in [0.1, 0.15) is 0 Å². The summed E-state index contributed by atoms with van der Waals surface area (Å²) in [6.45, 7) is 9.39. The predicted octanol–water partition coefficient (Wildman–Crippen LogP) is 6.78. The molecule has 142 valence electrons. The lowest BCUT2D eigenvalue weighted by Crippen LogP contribution is -2.19. The van der Waals surface area contributed by atoms with Crippen LogP contribution in [0.25, 0.3) is 0 Å². The van der Waals surface area contributed by atoms with Crippen LogP contribution < -0.4 is 10.6 Å². The normalized spacial score (nSPS) is 12.3. The predicted molar refractivity (Wildman–Crippen MR) is 121 cm³/mol. The Labute approximate surface area is 163 Å². The van der Waals surface area contributed by atoms with Gasteiger partial charge < -0.3 is 0 Å². The third-order valence-corrected chi connectivity index (χ3v) is 7.58. The highest BCUT2D eigenvalue weighted by atomic mass is 31.1. The maximum Gasteiger partial charge on any atom is -0.0163 e. The zero-order valence-electron chi connectivity index (χ0n) is 17.4. The fourth-order valence-electron chi connectivity index (χ4n) is 3.73. The van der Waals surface area contributed by atoms with E-state index in [4.69, 9.17) is 0 Å². The second-order valence-corrected chi connectivity index (χ2v) is 9.52. The molecule has 0 bridgehead atoms. The van der Waals surface area contributed by atoms with E-state index in [1.165, 1.54) is 63.1 Å². The average molecular weight is 369 g/mol. The topological polar surface area (TPSA) is 0 Å². The molecule has 0 spiro atoms. The number of hydrogen-bond donors (Lipinski definition) is 0. The molecule has 2 aromatic rings. The minimum Gasteiger partial charge on any atom is -0.0654 e. The van der Waals surface area contributed by atoms with E-state index in [1.807, 2.05) is 0 Å². The molecule has 0 nitrogen and oxygen atoms in total. The number of unbranched alkanes of at least 4 members (excludes halogenated alkanes) is 3. The fourth-order valence-corrected chi connectivity index (χ4v) is 5.58. The van der Waals surface area contributed by atoms with Gasteiger partial charge in [-0.25, -0.2) is 0 Å². The summed E-state index contributed by atoms with van der Waals surface area (Å²) in [6.07, 6.45) is 11.5. The quantitative estimate of drug-likeness (QED) is 0.384. The third kappa shape index (κ3) is 5.68. The van der Waals surface area contributed by atoms with E-state index in [0.717, 1.165) is 0 Å². The maximum absolute atomic E-state index is 2.48. The van der Waals surface area contributed by atoms with Gasteiger partial charge in [-0.15, -0.1) is 0 Å². The summed E-state index contributed by atoms with van der Waals surface area (Å²) < 4.78 is 0. The molecule has 0 amide bonds. The maximum atomic E-state index is 2.48. The number of benzene rings is 2. The van der Waals surface area contributed by atoms with Gasteiger partial charge in [-0.05, 0) is 80.4 Å². The standard InChI is InChI=1S/C25H37P/c1-5-8-14-21-19-20-25(26(4)22-15-12-11-13-16-22)24(18-10-7-3)23(21)17-9-6-2/h11-13,15-16,19-20H,5-10,14,17-18H2,1-4H3. The van der Waals surface area contributed by atoms with Crippen LogP contribution in [-0.2, 0) is 19.3 Å². The molecule has 0 aliphatic rings. The Hall–Kier alpha value is -1.13. The first-order valence-electron chi connectivity index (χ1n) is 10.6. The van der Waals surface area contributed by atoms with Crippen molar-refractivity contribution in [1.82, 2.24) is 0 Å². The van der Waals surface area contributed by atoms with Gasteiger partial charge in [0, 0.05) is 0 Å². The van der Waals surface area contributed by atoms with Crippen LogP contribution >= 0.6 is 7.92 Å². The van der Waals surface area contributed by atoms with Crippen LogP contribution in [-0.4, -0.2) is 6.66 Å². The zero-order valence-corrected chi connectivity index (χ0v) is 18.2. The van der Waals surface area contributed by atoms with E-state index < -0.39 is 0 Å². The van der Waals surface area contributed by atoms with Crippen molar-refractivity contribution in [2.75, 3.05) is 6.66 Å². The Morgan fingerprint density at radius 1 is 0.654 bits per heavy atom. The highest BCUT2D eigenvalue weighted by molar-refractivity contribution is 7.72. The molecule has 0 fully saturated rings. The molecule has 2 rings (SSSR count). The molecule has 0 saturated heterocycles. The molecule has 1 unspecified atom stereocenters. The Balaban J connectivity index is 2.48. The monoisotopic (exact) mass is 368 g/mol. The summed E-state index contributed by atoms with van der Waals surface area (Å²) >= 11 is 0. The first kappa shape index (κ1) is 21.2. The van der Waals surface area contributed by atoms with Crippen LogP contribution in [0, 0.1) is 0 Å². The van der Waals surface area contributed by atoms with Crippen molar-refractivity contribution in [2.24, 2.45) is 0 Å². The first-order chi connectivity index (χ1) is 12.7. The Morgan fingerprint density at radius 3 is 1.85 bits per heavy atom. The molecule has 0 saturated carbocycles. The Kier molecular flexibility index (Phi) is 9.41. The van der Waals surface area contributed by atoms with Crippen LogP contribution in [0.15, 0.2) is 42.5 Å². The molecule has 1 atom stereocenters. The number of rotatable bonds is 11. The first-order valence-corrected chi connectivity index (χ1v) is 12.4. The molecular weight excluding hydrogens is 331 g/mol. The van der Waals surface area contributed by atoms with Gasteiger partial charge in [-0.3, -0.25) is 0 Å². The van der Waals surface area contributed by atoms with Crippen molar-refractivity contribution in [3.8, 4) is 0 Å². The van der Waals surface area contributed by atoms with E-state index in [2.05, 4.69) is 69.9 Å². The largest absolute Gasteiger partial charge is 0.0654 e. The molecule has 1 heteroatoms. The van der Waals surface area contributed by atoms with Crippen LogP contribution in [0.3, 0.4) is 0 Å². The average Bonchev–Trinajstić information content (AvgIpc) is 2.69. The summed E-state index contributed by atoms with van der Waals surface area (Å²) in [6, 6.07) is 16.1. The summed E-state index contributed by atoms with van der Waals surface area (Å²) in [5, 5.41) is 3.13. The molecule has 2 aromatic carbocycles. The van der Waals surface area contributed by atoms with Crippen molar-refractivity contribution >= 4 is 18.5 Å². The smallest absolute Gasteiger partial charge is 0.0163 e. The highest BCUT2D eigenvalue weighted by Crippen LogP contribution is 2.33. The summed E-state index contributed by atoms with van der Waals surface area (Å²) in [7, 11) is -0.265. The number of aryl methyl sites for hydroxylation is 1. The Morgan fingerprint density at radius 2 is 1.23 bits per heavy atom. The number of hydrogen-bond acceptors (Lipinski definition) is 0. The molecule has 0 aromatic heterocycles. The molecule has 0 aliphatic heterocycles. The lowest BCUT2D eigenvalue weighted by molar-refractivity contribution is 0.737. The summed E-state index contributed by atoms with van der Waals surface area (Å²) in [5.41, 5.74) is 5.04. The van der Waals surface area contributed by atoms with Crippen LogP contribution in [0.1, 0.15) is 76.0 Å². The second kappa shape index (κ2) is 11.6. The molecular formula is C25H37P. The summed E-state index contributed by atoms with van der Waals surface area (Å²) in [5.74, 6) is 0. The van der Waals surface area contributed by atoms with Gasteiger partial charge in [-0.2, -0.15) is 0 Å². The lowest BCUT2D eigenvalue weighted by Gasteiger charge is -2.23. The van der Waals surface area contributed by atoms with Crippen molar-refractivity contribution in [3.63, 3.8) is 0 Å². The van der Waals surface area contributed by atoms with Gasteiger partial charge in [0.2, 0.25) is 0 Å². The highest BCUT2D eigenvalue weighted by Gasteiger charge is 2.17. The second-order valence-electron chi connectivity index (χ2n) is 7.41. The van der Waals surface area contributed by atoms with E-state index in [1.54, 1.807) is 22.0 Å². The van der Waals surface area contributed by atoms with Crippen molar-refractivity contribution in [2.45, 2.75) is 78.6 Å². The molecule has 26 heavy (non-hydrogen) atoms. The van der Waals surface area contributed by atoms with Crippen LogP contribution in [0.5, 0.6) is 0 Å². The molecule has 0 aliphatic carbocycles. The SMILES string of the molecule is CCCCc1ccc(P(C)c2ccccc2)c(CCCC)c1CCCC. The van der Waals surface area contributed by atoms with Gasteiger partial charge in [0.25, 0.3) is 0 Å². The van der Waals surface area contributed by atoms with E-state index in [9.17, 15) is 0 Å². The fraction of sp³-hybridized carbons (Fsp3) is 0.520. The Bertz CT molecular complexity index is 645. The van der Waals surface area contributed by atoms with E-state index in [0.29, 0.717) is 0 Å². The molecule has 0 radical (unpaired) electrons. The van der Waals surface area contributed by atoms with Crippen molar-refractivity contribution in [3.05, 3.63) is 59.2 Å². The zero-order chi connectivity index (χ0) is 18.8. The van der Waals surface area contributed by atoms with Crippen molar-refractivity contribution in [1.29, 1.82) is 0 Å². The molecule has 0 N–H and O–H groups in total. The molecule has 0 heterocycles. The minimum atomic E-state index is -0.265. The van der Waals surface area contributed by atoms with Gasteiger partial charge in [-0.1, -0.05) is 82.5 Å². The summed E-state index contributed by atoms with van der Waals surface area (Å²) in [4.78, 5) is 0. The minimum absolute atomic E-state index is 0.265.